The fourth-order valence-electron chi connectivity index (χ4n) is 1.51. The van der Waals surface area contributed by atoms with Crippen LogP contribution >= 0.6 is 0 Å². The maximum Gasteiger partial charge on any atom is 0.247 e. The number of amides is 1. The second kappa shape index (κ2) is 5.15. The number of hydrogen-bond acceptors (Lipinski definition) is 2. The lowest BCUT2D eigenvalue weighted by atomic mass is 10.0. The molecule has 0 aromatic rings. The minimum atomic E-state index is 0.0995. The Balaban J connectivity index is 2.41. The first kappa shape index (κ1) is 11.2. The summed E-state index contributed by atoms with van der Waals surface area (Å²) in [4.78, 5) is 11.7. The molecule has 3 nitrogen and oxygen atoms in total. The Morgan fingerprint density at radius 3 is 2.64 bits per heavy atom. The molecule has 0 bridgehead atoms. The Morgan fingerprint density at radius 1 is 1.57 bits per heavy atom. The van der Waals surface area contributed by atoms with E-state index < -0.39 is 0 Å². The lowest BCUT2D eigenvalue weighted by Crippen LogP contribution is -2.39. The van der Waals surface area contributed by atoms with Gasteiger partial charge in [-0.15, -0.1) is 0 Å². The quantitative estimate of drug-likeness (QED) is 0.664. The van der Waals surface area contributed by atoms with Crippen molar-refractivity contribution in [2.45, 2.75) is 39.7 Å². The van der Waals surface area contributed by atoms with E-state index in [2.05, 4.69) is 24.5 Å². The third-order valence-electron chi connectivity index (χ3n) is 2.65. The summed E-state index contributed by atoms with van der Waals surface area (Å²) in [5.41, 5.74) is 2.14. The van der Waals surface area contributed by atoms with Gasteiger partial charge in [-0.2, -0.15) is 0 Å². The van der Waals surface area contributed by atoms with Crippen LogP contribution in [0, 0.1) is 0 Å². The average molecular weight is 196 g/mol. The number of rotatable bonds is 4. The second-order valence-electron chi connectivity index (χ2n) is 4.00. The maximum atomic E-state index is 11.7. The highest BCUT2D eigenvalue weighted by Crippen LogP contribution is 2.09. The van der Waals surface area contributed by atoms with E-state index in [1.165, 1.54) is 5.57 Å². The zero-order valence-corrected chi connectivity index (χ0v) is 9.31. The van der Waals surface area contributed by atoms with Crippen LogP contribution in [0.4, 0.5) is 0 Å². The smallest absolute Gasteiger partial charge is 0.247 e. The van der Waals surface area contributed by atoms with Crippen LogP contribution in [-0.4, -0.2) is 25.0 Å². The van der Waals surface area contributed by atoms with Gasteiger partial charge in [-0.3, -0.25) is 4.79 Å². The molecule has 3 heteroatoms. The van der Waals surface area contributed by atoms with Crippen molar-refractivity contribution in [3.63, 3.8) is 0 Å². The second-order valence-corrected chi connectivity index (χ2v) is 4.00. The van der Waals surface area contributed by atoms with Crippen molar-refractivity contribution in [1.82, 2.24) is 10.6 Å². The van der Waals surface area contributed by atoms with Gasteiger partial charge >= 0.3 is 0 Å². The Morgan fingerprint density at radius 2 is 2.21 bits per heavy atom. The summed E-state index contributed by atoms with van der Waals surface area (Å²) in [6, 6.07) is 0.288. The van der Waals surface area contributed by atoms with Gasteiger partial charge in [0, 0.05) is 24.7 Å². The van der Waals surface area contributed by atoms with E-state index >= 15 is 0 Å². The summed E-state index contributed by atoms with van der Waals surface area (Å²) in [6.07, 6.45) is 2.16. The molecule has 1 fully saturated rings. The first-order chi connectivity index (χ1) is 6.65. The summed E-state index contributed by atoms with van der Waals surface area (Å²) in [6.45, 7) is 7.84. The molecule has 2 N–H and O–H groups in total. The molecule has 1 aliphatic heterocycles. The van der Waals surface area contributed by atoms with Gasteiger partial charge in [0.25, 0.3) is 0 Å². The van der Waals surface area contributed by atoms with Gasteiger partial charge in [0.05, 0.1) is 0 Å². The maximum absolute atomic E-state index is 11.7. The third kappa shape index (κ3) is 2.84. The van der Waals surface area contributed by atoms with E-state index in [1.54, 1.807) is 0 Å². The fraction of sp³-hybridized carbons (Fsp3) is 0.727. The van der Waals surface area contributed by atoms with Crippen molar-refractivity contribution < 1.29 is 4.79 Å². The van der Waals surface area contributed by atoms with Crippen LogP contribution in [0.3, 0.4) is 0 Å². The molecule has 0 aliphatic carbocycles. The highest BCUT2D eigenvalue weighted by atomic mass is 16.1. The van der Waals surface area contributed by atoms with E-state index in [-0.39, 0.29) is 11.9 Å². The zero-order valence-electron chi connectivity index (χ0n) is 9.31. The van der Waals surface area contributed by atoms with Crippen molar-refractivity contribution in [2.24, 2.45) is 0 Å². The number of nitrogens with one attached hydrogen (secondary N) is 2. The van der Waals surface area contributed by atoms with Crippen molar-refractivity contribution in [3.05, 3.63) is 11.1 Å². The van der Waals surface area contributed by atoms with E-state index in [1.807, 2.05) is 6.92 Å². The van der Waals surface area contributed by atoms with Crippen molar-refractivity contribution in [2.75, 3.05) is 13.1 Å². The molecular weight excluding hydrogens is 176 g/mol. The molecule has 0 aromatic heterocycles. The lowest BCUT2D eigenvalue weighted by Gasteiger charge is -2.22. The summed E-state index contributed by atoms with van der Waals surface area (Å²) in [5.74, 6) is 0.0995. The molecule has 1 rings (SSSR count). The van der Waals surface area contributed by atoms with Crippen LogP contribution in [-0.2, 0) is 4.79 Å². The van der Waals surface area contributed by atoms with Gasteiger partial charge in [-0.05, 0) is 25.8 Å². The topological polar surface area (TPSA) is 41.1 Å². The normalized spacial score (nSPS) is 17.2. The van der Waals surface area contributed by atoms with E-state index in [9.17, 15) is 4.79 Å². The zero-order chi connectivity index (χ0) is 10.6. The molecule has 14 heavy (non-hydrogen) atoms. The highest BCUT2D eigenvalue weighted by Gasteiger charge is 2.16. The summed E-state index contributed by atoms with van der Waals surface area (Å²) < 4.78 is 0. The SMILES string of the molecule is CCCC(C)NC(=O)C(C)=C1CNC1. The van der Waals surface area contributed by atoms with E-state index in [0.717, 1.165) is 31.5 Å². The molecule has 1 amide bonds. The summed E-state index contributed by atoms with van der Waals surface area (Å²) >= 11 is 0. The first-order valence-corrected chi connectivity index (χ1v) is 5.35. The molecule has 1 saturated heterocycles. The van der Waals surface area contributed by atoms with Gasteiger partial charge < -0.3 is 10.6 Å². The van der Waals surface area contributed by atoms with Gasteiger partial charge in [-0.25, -0.2) is 0 Å². The third-order valence-corrected chi connectivity index (χ3v) is 2.65. The molecule has 1 atom stereocenters. The van der Waals surface area contributed by atoms with Crippen LogP contribution in [0.2, 0.25) is 0 Å². The Kier molecular flexibility index (Phi) is 4.14. The van der Waals surface area contributed by atoms with Crippen LogP contribution < -0.4 is 10.6 Å². The molecule has 0 spiro atoms. The predicted octanol–water partition coefficient (Wildman–Crippen LogP) is 1.21. The van der Waals surface area contributed by atoms with Gasteiger partial charge in [-0.1, -0.05) is 13.3 Å². The largest absolute Gasteiger partial charge is 0.350 e. The Labute approximate surface area is 86.0 Å². The molecule has 0 aromatic carbocycles. The predicted molar refractivity (Wildman–Crippen MR) is 58.1 cm³/mol. The number of carbonyl (C=O) groups is 1. The molecule has 80 valence electrons. The average Bonchev–Trinajstić information content (AvgIpc) is 2.01. The summed E-state index contributed by atoms with van der Waals surface area (Å²) in [7, 11) is 0. The highest BCUT2D eigenvalue weighted by molar-refractivity contribution is 5.94. The minimum absolute atomic E-state index is 0.0995. The van der Waals surface area contributed by atoms with E-state index in [0.29, 0.717) is 0 Å². The molecule has 0 radical (unpaired) electrons. The van der Waals surface area contributed by atoms with Crippen molar-refractivity contribution in [3.8, 4) is 0 Å². The van der Waals surface area contributed by atoms with E-state index in [4.69, 9.17) is 0 Å². The first-order valence-electron chi connectivity index (χ1n) is 5.35. The Bertz CT molecular complexity index is 240. The molecule has 1 aliphatic rings. The molecule has 1 unspecified atom stereocenters. The van der Waals surface area contributed by atoms with Gasteiger partial charge in [0.2, 0.25) is 5.91 Å². The lowest BCUT2D eigenvalue weighted by molar-refractivity contribution is -0.118. The number of carbonyl (C=O) groups excluding carboxylic acids is 1. The number of hydrogen-bond donors (Lipinski definition) is 2. The van der Waals surface area contributed by atoms with Crippen LogP contribution in [0.15, 0.2) is 11.1 Å². The van der Waals surface area contributed by atoms with Crippen molar-refractivity contribution in [1.29, 1.82) is 0 Å². The standard InChI is InChI=1S/C11H20N2O/c1-4-5-8(2)13-11(14)9(3)10-6-12-7-10/h8,12H,4-7H2,1-3H3,(H,13,14). The molecule has 0 saturated carbocycles. The van der Waals surface area contributed by atoms with Crippen LogP contribution in [0.5, 0.6) is 0 Å². The summed E-state index contributed by atoms with van der Waals surface area (Å²) in [5, 5.41) is 6.14. The fourth-order valence-corrected chi connectivity index (χ4v) is 1.51. The van der Waals surface area contributed by atoms with Crippen LogP contribution in [0.25, 0.3) is 0 Å². The van der Waals surface area contributed by atoms with Gasteiger partial charge in [0.1, 0.15) is 0 Å². The Hall–Kier alpha value is -0.830. The monoisotopic (exact) mass is 196 g/mol. The van der Waals surface area contributed by atoms with Crippen molar-refractivity contribution >= 4 is 5.91 Å². The minimum Gasteiger partial charge on any atom is -0.350 e. The molecular formula is C11H20N2O. The molecule has 1 heterocycles. The van der Waals surface area contributed by atoms with Crippen LogP contribution in [0.1, 0.15) is 33.6 Å². The van der Waals surface area contributed by atoms with Gasteiger partial charge in [0.15, 0.2) is 0 Å².